The first-order chi connectivity index (χ1) is 10.0. The predicted octanol–water partition coefficient (Wildman–Crippen LogP) is 5.20. The molecule has 0 saturated heterocycles. The lowest BCUT2D eigenvalue weighted by Gasteiger charge is -2.23. The molecule has 0 aliphatic rings. The molecule has 1 unspecified atom stereocenters. The van der Waals surface area contributed by atoms with E-state index in [1.54, 1.807) is 0 Å². The molecule has 2 aromatic carbocycles. The summed E-state index contributed by atoms with van der Waals surface area (Å²) in [5.74, 6) is 0.878. The van der Waals surface area contributed by atoms with Gasteiger partial charge in [0, 0.05) is 15.1 Å². The highest BCUT2D eigenvalue weighted by Crippen LogP contribution is 2.35. The zero-order chi connectivity index (χ0) is 15.4. The second-order valence-corrected chi connectivity index (χ2v) is 6.41. The van der Waals surface area contributed by atoms with Crippen LogP contribution in [0.4, 0.5) is 0 Å². The summed E-state index contributed by atoms with van der Waals surface area (Å²) in [5.41, 5.74) is 2.10. The molecule has 0 saturated carbocycles. The van der Waals surface area contributed by atoms with Crippen LogP contribution in [0.25, 0.3) is 0 Å². The first kappa shape index (κ1) is 16.3. The van der Waals surface area contributed by atoms with Crippen molar-refractivity contribution in [1.29, 1.82) is 0 Å². The second-order valence-electron chi connectivity index (χ2n) is 5.09. The molecule has 1 atom stereocenters. The van der Waals surface area contributed by atoms with Crippen LogP contribution in [-0.4, -0.2) is 13.2 Å². The number of nitrogens with one attached hydrogen (secondary N) is 1. The van der Waals surface area contributed by atoms with Gasteiger partial charge in [0.2, 0.25) is 0 Å². The summed E-state index contributed by atoms with van der Waals surface area (Å²) in [7, 11) is 1.92. The van der Waals surface area contributed by atoms with Gasteiger partial charge in [0.25, 0.3) is 0 Å². The lowest BCUT2D eigenvalue weighted by Crippen LogP contribution is -2.20. The molecule has 0 aromatic heterocycles. The third-order valence-corrected chi connectivity index (χ3v) is 3.99. The lowest BCUT2D eigenvalue weighted by atomic mass is 9.98. The largest absolute Gasteiger partial charge is 0.491 e. The SMILES string of the molecule is CNC(c1cc(Br)ccc1Cl)c1ccccc1OC(C)C. The summed E-state index contributed by atoms with van der Waals surface area (Å²) < 4.78 is 6.93. The van der Waals surface area contributed by atoms with Gasteiger partial charge in [-0.3, -0.25) is 0 Å². The third kappa shape index (κ3) is 4.00. The Kier molecular flexibility index (Phi) is 5.68. The monoisotopic (exact) mass is 367 g/mol. The molecule has 0 aliphatic heterocycles. The van der Waals surface area contributed by atoms with Gasteiger partial charge in [-0.1, -0.05) is 45.7 Å². The first-order valence-electron chi connectivity index (χ1n) is 6.90. The zero-order valence-corrected chi connectivity index (χ0v) is 14.7. The summed E-state index contributed by atoms with van der Waals surface area (Å²) in [6.45, 7) is 4.05. The maximum Gasteiger partial charge on any atom is 0.124 e. The Hall–Kier alpha value is -1.03. The fraction of sp³-hybridized carbons (Fsp3) is 0.294. The average molecular weight is 369 g/mol. The van der Waals surface area contributed by atoms with Crippen molar-refractivity contribution in [2.24, 2.45) is 0 Å². The molecular formula is C17H19BrClNO. The van der Waals surface area contributed by atoms with E-state index in [9.17, 15) is 0 Å². The minimum atomic E-state index is -0.0232. The van der Waals surface area contributed by atoms with Crippen LogP contribution < -0.4 is 10.1 Å². The van der Waals surface area contributed by atoms with Gasteiger partial charge < -0.3 is 10.1 Å². The van der Waals surface area contributed by atoms with Gasteiger partial charge in [0.05, 0.1) is 12.1 Å². The summed E-state index contributed by atoms with van der Waals surface area (Å²) in [6.07, 6.45) is 0.127. The molecule has 21 heavy (non-hydrogen) atoms. The fourth-order valence-electron chi connectivity index (χ4n) is 2.29. The maximum atomic E-state index is 6.38. The highest BCUT2D eigenvalue weighted by Gasteiger charge is 2.19. The van der Waals surface area contributed by atoms with Crippen LogP contribution in [0.1, 0.15) is 31.0 Å². The van der Waals surface area contributed by atoms with E-state index in [-0.39, 0.29) is 12.1 Å². The highest BCUT2D eigenvalue weighted by atomic mass is 79.9. The molecule has 2 rings (SSSR count). The average Bonchev–Trinajstić information content (AvgIpc) is 2.44. The molecule has 0 aliphatic carbocycles. The second kappa shape index (κ2) is 7.30. The highest BCUT2D eigenvalue weighted by molar-refractivity contribution is 9.10. The van der Waals surface area contributed by atoms with Crippen molar-refractivity contribution in [2.45, 2.75) is 26.0 Å². The summed E-state index contributed by atoms with van der Waals surface area (Å²) in [5, 5.41) is 4.06. The van der Waals surface area contributed by atoms with Crippen LogP contribution >= 0.6 is 27.5 Å². The molecule has 0 radical (unpaired) electrons. The maximum absolute atomic E-state index is 6.38. The van der Waals surface area contributed by atoms with Crippen LogP contribution in [0.15, 0.2) is 46.9 Å². The number of rotatable bonds is 5. The summed E-state index contributed by atoms with van der Waals surface area (Å²) in [4.78, 5) is 0. The van der Waals surface area contributed by atoms with Gasteiger partial charge in [-0.05, 0) is 50.7 Å². The Labute approximate surface area is 139 Å². The zero-order valence-electron chi connectivity index (χ0n) is 12.4. The standard InChI is InChI=1S/C17H19BrClNO/c1-11(2)21-16-7-5-4-6-13(16)17(20-3)14-10-12(18)8-9-15(14)19/h4-11,17,20H,1-3H3. The van der Waals surface area contributed by atoms with Crippen molar-refractivity contribution < 1.29 is 4.74 Å². The molecule has 2 aromatic rings. The van der Waals surface area contributed by atoms with Crippen molar-refractivity contribution in [2.75, 3.05) is 7.05 Å². The number of benzene rings is 2. The number of hydrogen-bond donors (Lipinski definition) is 1. The van der Waals surface area contributed by atoms with Crippen molar-refractivity contribution in [3.8, 4) is 5.75 Å². The Bertz CT molecular complexity index is 615. The van der Waals surface area contributed by atoms with E-state index in [1.807, 2.05) is 57.3 Å². The van der Waals surface area contributed by atoms with Crippen LogP contribution in [0, 0.1) is 0 Å². The third-order valence-electron chi connectivity index (χ3n) is 3.15. The van der Waals surface area contributed by atoms with Gasteiger partial charge in [0.15, 0.2) is 0 Å². The lowest BCUT2D eigenvalue weighted by molar-refractivity contribution is 0.238. The molecule has 4 heteroatoms. The molecular weight excluding hydrogens is 350 g/mol. The van der Waals surface area contributed by atoms with Crippen LogP contribution in [0.2, 0.25) is 5.02 Å². The van der Waals surface area contributed by atoms with Gasteiger partial charge in [-0.2, -0.15) is 0 Å². The van der Waals surface area contributed by atoms with E-state index in [0.29, 0.717) is 0 Å². The summed E-state index contributed by atoms with van der Waals surface area (Å²) >= 11 is 9.88. The van der Waals surface area contributed by atoms with Gasteiger partial charge in [-0.25, -0.2) is 0 Å². The van der Waals surface area contributed by atoms with Crippen molar-refractivity contribution in [3.63, 3.8) is 0 Å². The van der Waals surface area contributed by atoms with Crippen LogP contribution in [-0.2, 0) is 0 Å². The van der Waals surface area contributed by atoms with Crippen LogP contribution in [0.5, 0.6) is 5.75 Å². The fourth-order valence-corrected chi connectivity index (χ4v) is 2.90. The molecule has 0 fully saturated rings. The van der Waals surface area contributed by atoms with Gasteiger partial charge in [-0.15, -0.1) is 0 Å². The molecule has 0 bridgehead atoms. The van der Waals surface area contributed by atoms with Gasteiger partial charge >= 0.3 is 0 Å². The minimum Gasteiger partial charge on any atom is -0.491 e. The molecule has 1 N–H and O–H groups in total. The number of para-hydroxylation sites is 1. The van der Waals surface area contributed by atoms with Gasteiger partial charge in [0.1, 0.15) is 5.75 Å². The topological polar surface area (TPSA) is 21.3 Å². The number of halogens is 2. The smallest absolute Gasteiger partial charge is 0.124 e. The van der Waals surface area contributed by atoms with E-state index in [2.05, 4.69) is 27.3 Å². The Balaban J connectivity index is 2.49. The molecule has 2 nitrogen and oxygen atoms in total. The molecule has 0 heterocycles. The van der Waals surface area contributed by atoms with Crippen molar-refractivity contribution >= 4 is 27.5 Å². The molecule has 112 valence electrons. The quantitative estimate of drug-likeness (QED) is 0.783. The first-order valence-corrected chi connectivity index (χ1v) is 8.07. The normalized spacial score (nSPS) is 12.5. The Morgan fingerprint density at radius 3 is 2.48 bits per heavy atom. The summed E-state index contributed by atoms with van der Waals surface area (Å²) in [6, 6.07) is 13.9. The predicted molar refractivity (Wildman–Crippen MR) is 92.3 cm³/mol. The molecule has 0 spiro atoms. The number of ether oxygens (including phenoxy) is 1. The minimum absolute atomic E-state index is 0.0232. The van der Waals surface area contributed by atoms with Crippen molar-refractivity contribution in [3.05, 3.63) is 63.1 Å². The van der Waals surface area contributed by atoms with E-state index in [4.69, 9.17) is 16.3 Å². The molecule has 0 amide bonds. The van der Waals surface area contributed by atoms with E-state index in [0.717, 1.165) is 26.4 Å². The van der Waals surface area contributed by atoms with Crippen molar-refractivity contribution in [1.82, 2.24) is 5.32 Å². The van der Waals surface area contributed by atoms with E-state index >= 15 is 0 Å². The van der Waals surface area contributed by atoms with Crippen LogP contribution in [0.3, 0.4) is 0 Å². The Morgan fingerprint density at radius 1 is 1.10 bits per heavy atom. The number of hydrogen-bond acceptors (Lipinski definition) is 2. The van der Waals surface area contributed by atoms with E-state index < -0.39 is 0 Å². The van der Waals surface area contributed by atoms with E-state index in [1.165, 1.54) is 0 Å². The Morgan fingerprint density at radius 2 is 1.81 bits per heavy atom.